The Bertz CT molecular complexity index is 882. The zero-order valence-electron chi connectivity index (χ0n) is 18.5. The van der Waals surface area contributed by atoms with Crippen LogP contribution in [0.5, 0.6) is 11.5 Å². The predicted molar refractivity (Wildman–Crippen MR) is 117 cm³/mol. The Morgan fingerprint density at radius 3 is 1.93 bits per heavy atom. The molecule has 2 aromatic carbocycles. The van der Waals surface area contributed by atoms with Crippen molar-refractivity contribution in [2.75, 3.05) is 13.9 Å². The average Bonchev–Trinajstić information content (AvgIpc) is 3.11. The lowest BCUT2D eigenvalue weighted by atomic mass is 10.0. The number of hydrogen-bond donors (Lipinski definition) is 0. The van der Waals surface area contributed by atoms with Crippen LogP contribution >= 0.6 is 0 Å². The van der Waals surface area contributed by atoms with E-state index in [4.69, 9.17) is 18.6 Å². The Morgan fingerprint density at radius 1 is 0.931 bits per heavy atom. The summed E-state index contributed by atoms with van der Waals surface area (Å²) >= 11 is 0. The van der Waals surface area contributed by atoms with Crippen LogP contribution in [0, 0.1) is 0 Å². The molecule has 0 amide bonds. The number of ether oxygens (including phenoxy) is 3. The van der Waals surface area contributed by atoms with Crippen molar-refractivity contribution in [3.8, 4) is 11.5 Å². The molecule has 1 heterocycles. The number of benzene rings is 2. The number of methoxy groups -OCH3 is 1. The van der Waals surface area contributed by atoms with Crippen molar-refractivity contribution in [3.63, 3.8) is 0 Å². The molecule has 0 aromatic heterocycles. The summed E-state index contributed by atoms with van der Waals surface area (Å²) in [6.07, 6.45) is 0. The van der Waals surface area contributed by atoms with Gasteiger partial charge in [-0.3, -0.25) is 0 Å². The van der Waals surface area contributed by atoms with Gasteiger partial charge in [-0.25, -0.2) is 4.79 Å². The Kier molecular flexibility index (Phi) is 6.24. The van der Waals surface area contributed by atoms with Gasteiger partial charge in [-0.05, 0) is 57.2 Å². The molecule has 0 fully saturated rings. The summed E-state index contributed by atoms with van der Waals surface area (Å²) in [7, 11) is -0.650. The van der Waals surface area contributed by atoms with E-state index in [1.54, 1.807) is 0 Å². The summed E-state index contributed by atoms with van der Waals surface area (Å²) < 4.78 is 22.8. The van der Waals surface area contributed by atoms with Gasteiger partial charge < -0.3 is 18.6 Å². The van der Waals surface area contributed by atoms with E-state index in [1.807, 2.05) is 24.3 Å². The van der Waals surface area contributed by atoms with Crippen LogP contribution in [0.25, 0.3) is 10.8 Å². The van der Waals surface area contributed by atoms with Gasteiger partial charge >= 0.3 is 5.97 Å². The summed E-state index contributed by atoms with van der Waals surface area (Å²) in [5, 5.41) is 1.91. The molecular formula is C23H32O5Si. The van der Waals surface area contributed by atoms with Crippen LogP contribution in [0.15, 0.2) is 24.3 Å². The van der Waals surface area contributed by atoms with Crippen molar-refractivity contribution in [1.29, 1.82) is 0 Å². The highest BCUT2D eigenvalue weighted by Crippen LogP contribution is 2.43. The first-order chi connectivity index (χ1) is 13.7. The molecule has 158 valence electrons. The number of fused-ring (bicyclic) bond motifs is 2. The summed E-state index contributed by atoms with van der Waals surface area (Å²) in [6.45, 7) is 14.2. The molecule has 2 aromatic rings. The zero-order chi connectivity index (χ0) is 21.3. The highest BCUT2D eigenvalue weighted by molar-refractivity contribution is 6.77. The maximum atomic E-state index is 12.5. The smallest absolute Gasteiger partial charge is 0.338 e. The van der Waals surface area contributed by atoms with Crippen LogP contribution in [0.1, 0.15) is 57.5 Å². The van der Waals surface area contributed by atoms with E-state index < -0.39 is 8.32 Å². The van der Waals surface area contributed by atoms with E-state index in [1.165, 1.54) is 7.11 Å². The molecule has 29 heavy (non-hydrogen) atoms. The van der Waals surface area contributed by atoms with Crippen molar-refractivity contribution in [2.45, 2.75) is 64.8 Å². The molecule has 0 radical (unpaired) electrons. The maximum absolute atomic E-state index is 12.5. The molecule has 1 aliphatic rings. The normalized spacial score (nSPS) is 13.7. The van der Waals surface area contributed by atoms with Gasteiger partial charge in [0.15, 0.2) is 11.5 Å². The number of carbonyl (C=O) groups is 1. The third-order valence-electron chi connectivity index (χ3n) is 6.14. The molecule has 0 aliphatic carbocycles. The zero-order valence-corrected chi connectivity index (χ0v) is 19.5. The van der Waals surface area contributed by atoms with Crippen LogP contribution in [0.4, 0.5) is 0 Å². The predicted octanol–water partition coefficient (Wildman–Crippen LogP) is 6.05. The van der Waals surface area contributed by atoms with Gasteiger partial charge in [0, 0.05) is 0 Å². The fourth-order valence-corrected chi connectivity index (χ4v) is 10.3. The molecule has 0 saturated heterocycles. The van der Waals surface area contributed by atoms with Gasteiger partial charge in [0.05, 0.1) is 19.3 Å². The first-order valence-electron chi connectivity index (χ1n) is 10.3. The fourth-order valence-electron chi connectivity index (χ4n) is 4.86. The van der Waals surface area contributed by atoms with Gasteiger partial charge in [-0.1, -0.05) is 41.5 Å². The highest BCUT2D eigenvalue weighted by Gasteiger charge is 2.45. The number of esters is 1. The van der Waals surface area contributed by atoms with E-state index in [0.717, 1.165) is 22.1 Å². The second-order valence-electron chi connectivity index (χ2n) is 8.66. The van der Waals surface area contributed by atoms with Crippen LogP contribution in [-0.4, -0.2) is 28.2 Å². The van der Waals surface area contributed by atoms with Crippen LogP contribution in [-0.2, 0) is 15.8 Å². The Balaban J connectivity index is 2.04. The highest BCUT2D eigenvalue weighted by atomic mass is 28.4. The minimum absolute atomic E-state index is 0.219. The third-order valence-corrected chi connectivity index (χ3v) is 12.2. The SMILES string of the molecule is COC(=O)c1cc2cc3c(cc2cc1CO[Si](C(C)C)(C(C)C)C(C)C)OCO3. The molecule has 1 aliphatic heterocycles. The summed E-state index contributed by atoms with van der Waals surface area (Å²) in [4.78, 5) is 12.5. The largest absolute Gasteiger partial charge is 0.465 e. The maximum Gasteiger partial charge on any atom is 0.338 e. The van der Waals surface area contributed by atoms with E-state index in [2.05, 4.69) is 41.5 Å². The second-order valence-corrected chi connectivity index (χ2v) is 14.1. The second kappa shape index (κ2) is 8.36. The monoisotopic (exact) mass is 416 g/mol. The van der Waals surface area contributed by atoms with Gasteiger partial charge in [0.25, 0.3) is 0 Å². The fraction of sp³-hybridized carbons (Fsp3) is 0.522. The van der Waals surface area contributed by atoms with Gasteiger partial charge in [-0.2, -0.15) is 0 Å². The average molecular weight is 417 g/mol. The topological polar surface area (TPSA) is 54.0 Å². The quantitative estimate of drug-likeness (QED) is 0.406. The minimum atomic E-state index is -2.06. The van der Waals surface area contributed by atoms with E-state index in [-0.39, 0.29) is 12.8 Å². The van der Waals surface area contributed by atoms with Gasteiger partial charge in [0.1, 0.15) is 0 Å². The van der Waals surface area contributed by atoms with Crippen molar-refractivity contribution in [2.24, 2.45) is 0 Å². The first kappa shape index (κ1) is 21.7. The molecule has 6 heteroatoms. The molecule has 0 unspecified atom stereocenters. The Morgan fingerprint density at radius 2 is 1.45 bits per heavy atom. The van der Waals surface area contributed by atoms with E-state index >= 15 is 0 Å². The molecule has 5 nitrogen and oxygen atoms in total. The summed E-state index contributed by atoms with van der Waals surface area (Å²) in [6, 6.07) is 7.75. The van der Waals surface area contributed by atoms with Crippen molar-refractivity contribution in [3.05, 3.63) is 35.4 Å². The first-order valence-corrected chi connectivity index (χ1v) is 12.4. The van der Waals surface area contributed by atoms with Crippen molar-refractivity contribution in [1.82, 2.24) is 0 Å². The molecular weight excluding hydrogens is 384 g/mol. The van der Waals surface area contributed by atoms with Crippen molar-refractivity contribution >= 4 is 25.1 Å². The van der Waals surface area contributed by atoms with Crippen molar-refractivity contribution < 1.29 is 23.4 Å². The summed E-state index contributed by atoms with van der Waals surface area (Å²) in [5.74, 6) is 1.07. The summed E-state index contributed by atoms with van der Waals surface area (Å²) in [5.41, 5.74) is 2.80. The lowest BCUT2D eigenvalue weighted by molar-refractivity contribution is 0.0597. The molecule has 3 rings (SSSR count). The third kappa shape index (κ3) is 3.88. The number of hydrogen-bond acceptors (Lipinski definition) is 5. The van der Waals surface area contributed by atoms with Gasteiger partial charge in [-0.15, -0.1) is 0 Å². The molecule has 0 spiro atoms. The Labute approximate surface area is 174 Å². The number of rotatable bonds is 7. The molecule has 0 N–H and O–H groups in total. The molecule has 0 saturated carbocycles. The van der Waals surface area contributed by atoms with Gasteiger partial charge in [0.2, 0.25) is 15.1 Å². The molecule has 0 bridgehead atoms. The standard InChI is InChI=1S/C23H32O5Si/c1-14(2)29(15(3)4,16(5)6)28-12-19-8-17-10-21-22(27-13-26-21)11-18(17)9-20(19)23(24)25-7/h8-11,14-16H,12-13H2,1-7H3. The Hall–Kier alpha value is -2.05. The van der Waals surface area contributed by atoms with Crippen LogP contribution in [0.2, 0.25) is 16.6 Å². The lowest BCUT2D eigenvalue weighted by Gasteiger charge is -2.42. The van der Waals surface area contributed by atoms with Crippen LogP contribution < -0.4 is 9.47 Å². The minimum Gasteiger partial charge on any atom is -0.465 e. The number of carbonyl (C=O) groups excluding carboxylic acids is 1. The molecule has 0 atom stereocenters. The van der Waals surface area contributed by atoms with Crippen LogP contribution in [0.3, 0.4) is 0 Å². The lowest BCUT2D eigenvalue weighted by Crippen LogP contribution is -2.47. The van der Waals surface area contributed by atoms with E-state index in [0.29, 0.717) is 34.5 Å². The van der Waals surface area contributed by atoms with E-state index in [9.17, 15) is 4.79 Å².